The molecule has 0 N–H and O–H groups in total. The molecule has 148 valence electrons. The summed E-state index contributed by atoms with van der Waals surface area (Å²) in [4.78, 5) is 16.8. The Morgan fingerprint density at radius 3 is 2.71 bits per heavy atom. The number of fused-ring (bicyclic) bond motifs is 1. The largest absolute Gasteiger partial charge is 0.329 e. The second kappa shape index (κ2) is 7.44. The van der Waals surface area contributed by atoms with E-state index in [1.54, 1.807) is 16.2 Å². The number of amides is 1. The first-order chi connectivity index (χ1) is 13.2. The summed E-state index contributed by atoms with van der Waals surface area (Å²) in [6.45, 7) is 4.42. The Morgan fingerprint density at radius 1 is 1.29 bits per heavy atom. The van der Waals surface area contributed by atoms with E-state index in [1.165, 1.54) is 11.3 Å². The summed E-state index contributed by atoms with van der Waals surface area (Å²) in [6.07, 6.45) is 0.472. The standard InChI is InChI=1S/C20H20ClNO3S3/c1-12-3-4-15-16(9-12)27-19(18(15)21)20(23)22(10-17-13(2)5-7-26-17)14-6-8-28(24,25)11-14/h3-5,7,9,14H,6,8,10-11H2,1-2H3/t14-/m0/s1. The Kier molecular flexibility index (Phi) is 5.29. The smallest absolute Gasteiger partial charge is 0.266 e. The third-order valence-electron chi connectivity index (χ3n) is 5.17. The highest BCUT2D eigenvalue weighted by atomic mass is 35.5. The van der Waals surface area contributed by atoms with Gasteiger partial charge in [0.1, 0.15) is 4.88 Å². The molecule has 4 nitrogen and oxygen atoms in total. The number of halogens is 1. The van der Waals surface area contributed by atoms with Crippen molar-refractivity contribution in [2.24, 2.45) is 0 Å². The Labute approximate surface area is 177 Å². The van der Waals surface area contributed by atoms with Gasteiger partial charge in [-0.3, -0.25) is 4.79 Å². The molecule has 4 rings (SSSR count). The minimum absolute atomic E-state index is 0.0186. The number of hydrogen-bond donors (Lipinski definition) is 0. The molecule has 1 fully saturated rings. The molecule has 1 saturated heterocycles. The van der Waals surface area contributed by atoms with Gasteiger partial charge in [0, 0.05) is 21.0 Å². The topological polar surface area (TPSA) is 54.5 Å². The number of thiophene rings is 2. The van der Waals surface area contributed by atoms with E-state index in [4.69, 9.17) is 11.6 Å². The summed E-state index contributed by atoms with van der Waals surface area (Å²) in [5, 5.41) is 3.32. The molecule has 0 saturated carbocycles. The molecular formula is C20H20ClNO3S3. The van der Waals surface area contributed by atoms with E-state index < -0.39 is 9.84 Å². The highest BCUT2D eigenvalue weighted by Crippen LogP contribution is 2.38. The van der Waals surface area contributed by atoms with Crippen molar-refractivity contribution in [2.45, 2.75) is 32.9 Å². The number of benzene rings is 1. The number of hydrogen-bond acceptors (Lipinski definition) is 5. The molecule has 0 spiro atoms. The average molecular weight is 454 g/mol. The third kappa shape index (κ3) is 3.73. The second-order valence-electron chi connectivity index (χ2n) is 7.26. The Balaban J connectivity index is 1.74. The number of rotatable bonds is 4. The van der Waals surface area contributed by atoms with Crippen LogP contribution in [0.4, 0.5) is 0 Å². The van der Waals surface area contributed by atoms with Gasteiger partial charge in [0.2, 0.25) is 0 Å². The number of carbonyl (C=O) groups is 1. The lowest BCUT2D eigenvalue weighted by Gasteiger charge is -2.28. The highest BCUT2D eigenvalue weighted by Gasteiger charge is 2.36. The maximum atomic E-state index is 13.5. The van der Waals surface area contributed by atoms with Gasteiger partial charge in [0.05, 0.1) is 23.1 Å². The van der Waals surface area contributed by atoms with Gasteiger partial charge in [-0.2, -0.15) is 0 Å². The Bertz CT molecular complexity index is 1160. The maximum Gasteiger partial charge on any atom is 0.266 e. The number of carbonyl (C=O) groups excluding carboxylic acids is 1. The van der Waals surface area contributed by atoms with Gasteiger partial charge in [-0.1, -0.05) is 23.7 Å². The van der Waals surface area contributed by atoms with Crippen molar-refractivity contribution in [1.82, 2.24) is 4.90 Å². The molecule has 0 unspecified atom stereocenters. The fraction of sp³-hybridized carbons (Fsp3) is 0.350. The summed E-state index contributed by atoms with van der Waals surface area (Å²) in [5.41, 5.74) is 2.22. The van der Waals surface area contributed by atoms with Gasteiger partial charge in [0.15, 0.2) is 9.84 Å². The van der Waals surface area contributed by atoms with Crippen molar-refractivity contribution in [2.75, 3.05) is 11.5 Å². The van der Waals surface area contributed by atoms with Gasteiger partial charge in [-0.05, 0) is 48.9 Å². The molecule has 1 atom stereocenters. The maximum absolute atomic E-state index is 13.5. The molecule has 0 aliphatic carbocycles. The summed E-state index contributed by atoms with van der Waals surface area (Å²) in [5.74, 6) is -0.0339. The lowest BCUT2D eigenvalue weighted by Crippen LogP contribution is -2.40. The van der Waals surface area contributed by atoms with E-state index in [9.17, 15) is 13.2 Å². The summed E-state index contributed by atoms with van der Waals surface area (Å²) >= 11 is 9.54. The van der Waals surface area contributed by atoms with Crippen LogP contribution >= 0.6 is 34.3 Å². The summed E-state index contributed by atoms with van der Waals surface area (Å²) in [7, 11) is -3.11. The van der Waals surface area contributed by atoms with Crippen molar-refractivity contribution in [3.8, 4) is 0 Å². The zero-order chi connectivity index (χ0) is 20.1. The van der Waals surface area contributed by atoms with Crippen molar-refractivity contribution < 1.29 is 13.2 Å². The van der Waals surface area contributed by atoms with Crippen molar-refractivity contribution >= 4 is 60.1 Å². The van der Waals surface area contributed by atoms with Crippen LogP contribution in [0.2, 0.25) is 5.02 Å². The molecule has 0 bridgehead atoms. The van der Waals surface area contributed by atoms with Crippen LogP contribution in [0, 0.1) is 13.8 Å². The molecule has 8 heteroatoms. The Morgan fingerprint density at radius 2 is 2.07 bits per heavy atom. The van der Waals surface area contributed by atoms with E-state index in [2.05, 4.69) is 0 Å². The van der Waals surface area contributed by atoms with Gasteiger partial charge >= 0.3 is 0 Å². The zero-order valence-electron chi connectivity index (χ0n) is 15.6. The predicted molar refractivity (Wildman–Crippen MR) is 118 cm³/mol. The van der Waals surface area contributed by atoms with Gasteiger partial charge < -0.3 is 4.90 Å². The molecular weight excluding hydrogens is 434 g/mol. The third-order valence-corrected chi connectivity index (χ3v) is 9.57. The van der Waals surface area contributed by atoms with Crippen LogP contribution in [0.5, 0.6) is 0 Å². The lowest BCUT2D eigenvalue weighted by molar-refractivity contribution is 0.0688. The SMILES string of the molecule is Cc1ccc2c(Cl)c(C(=O)N(Cc3sccc3C)[C@H]3CCS(=O)(=O)C3)sc2c1. The fourth-order valence-electron chi connectivity index (χ4n) is 3.55. The van der Waals surface area contributed by atoms with Crippen LogP contribution in [0.3, 0.4) is 0 Å². The zero-order valence-corrected chi connectivity index (χ0v) is 18.8. The molecule has 3 aromatic rings. The molecule has 28 heavy (non-hydrogen) atoms. The predicted octanol–water partition coefficient (Wildman–Crippen LogP) is 5.06. The van der Waals surface area contributed by atoms with Crippen molar-refractivity contribution in [3.05, 3.63) is 55.5 Å². The van der Waals surface area contributed by atoms with E-state index >= 15 is 0 Å². The lowest BCUT2D eigenvalue weighted by atomic mass is 10.1. The van der Waals surface area contributed by atoms with E-state index in [-0.39, 0.29) is 23.5 Å². The molecule has 1 aliphatic rings. The number of nitrogens with zero attached hydrogens (tertiary/aromatic N) is 1. The minimum atomic E-state index is -3.11. The van der Waals surface area contributed by atoms with Gasteiger partial charge in [-0.25, -0.2) is 8.42 Å². The Hall–Kier alpha value is -1.41. The molecule has 3 heterocycles. The average Bonchev–Trinajstić information content (AvgIpc) is 3.30. The van der Waals surface area contributed by atoms with Gasteiger partial charge in [0.25, 0.3) is 5.91 Å². The second-order valence-corrected chi connectivity index (χ2v) is 11.9. The summed E-state index contributed by atoms with van der Waals surface area (Å²) < 4.78 is 25.1. The minimum Gasteiger partial charge on any atom is -0.329 e. The molecule has 1 aromatic carbocycles. The van der Waals surface area contributed by atoms with E-state index in [0.29, 0.717) is 22.9 Å². The highest BCUT2D eigenvalue weighted by molar-refractivity contribution is 7.91. The normalized spacial score (nSPS) is 18.6. The summed E-state index contributed by atoms with van der Waals surface area (Å²) in [6, 6.07) is 7.64. The first-order valence-corrected chi connectivity index (χ1v) is 12.9. The van der Waals surface area contributed by atoms with E-state index in [0.717, 1.165) is 26.1 Å². The van der Waals surface area contributed by atoms with Crippen LogP contribution in [0.25, 0.3) is 10.1 Å². The van der Waals surface area contributed by atoms with E-state index in [1.807, 2.05) is 43.5 Å². The number of sulfone groups is 1. The van der Waals surface area contributed by atoms with Gasteiger partial charge in [-0.15, -0.1) is 22.7 Å². The van der Waals surface area contributed by atoms with Crippen LogP contribution in [0.1, 0.15) is 32.1 Å². The number of aryl methyl sites for hydroxylation is 2. The van der Waals surface area contributed by atoms with Crippen LogP contribution in [-0.2, 0) is 16.4 Å². The monoisotopic (exact) mass is 453 g/mol. The molecule has 1 amide bonds. The van der Waals surface area contributed by atoms with Crippen molar-refractivity contribution in [3.63, 3.8) is 0 Å². The van der Waals surface area contributed by atoms with Crippen molar-refractivity contribution in [1.29, 1.82) is 0 Å². The first kappa shape index (κ1) is 19.9. The quantitative estimate of drug-likeness (QED) is 0.554. The fourth-order valence-corrected chi connectivity index (χ4v) is 7.75. The molecule has 2 aromatic heterocycles. The first-order valence-electron chi connectivity index (χ1n) is 8.98. The van der Waals surface area contributed by atoms with Crippen LogP contribution in [-0.4, -0.2) is 36.8 Å². The van der Waals surface area contributed by atoms with Crippen LogP contribution < -0.4 is 0 Å². The molecule has 0 radical (unpaired) electrons. The van der Waals surface area contributed by atoms with Crippen LogP contribution in [0.15, 0.2) is 29.6 Å². The molecule has 1 aliphatic heterocycles.